The lowest BCUT2D eigenvalue weighted by Gasteiger charge is -2.33. The van der Waals surface area contributed by atoms with Gasteiger partial charge in [-0.2, -0.15) is 0 Å². The SMILES string of the molecule is Cc1sc2c(C3CCN(C(=O)[C@@H](C)N[C@@H]4CCS(=O)(=O)C4)CC3)nc(C)n2c1C. The van der Waals surface area contributed by atoms with Gasteiger partial charge in [-0.05, 0) is 47.0 Å². The molecule has 2 aromatic heterocycles. The van der Waals surface area contributed by atoms with Crippen LogP contribution in [-0.4, -0.2) is 65.3 Å². The van der Waals surface area contributed by atoms with Gasteiger partial charge < -0.3 is 10.2 Å². The van der Waals surface area contributed by atoms with Crippen molar-refractivity contribution in [3.8, 4) is 0 Å². The highest BCUT2D eigenvalue weighted by Crippen LogP contribution is 2.35. The number of hydrogen-bond donors (Lipinski definition) is 1. The van der Waals surface area contributed by atoms with Gasteiger partial charge in [0.1, 0.15) is 10.7 Å². The predicted octanol–water partition coefficient (Wildman–Crippen LogP) is 2.19. The highest BCUT2D eigenvalue weighted by atomic mass is 32.2. The molecule has 4 rings (SSSR count). The standard InChI is InChI=1S/C20H30N4O3S2/c1-12(21-17-7-10-29(26,27)11-17)19(25)23-8-5-16(6-9-23)18-20-24(15(4)22-18)13(2)14(3)28-20/h12,16-17,21H,5-11H2,1-4H3/t12-,17-/m1/s1. The van der Waals surface area contributed by atoms with E-state index in [1.54, 1.807) is 0 Å². The molecule has 29 heavy (non-hydrogen) atoms. The Morgan fingerprint density at radius 1 is 1.21 bits per heavy atom. The molecule has 2 atom stereocenters. The molecule has 160 valence electrons. The largest absolute Gasteiger partial charge is 0.341 e. The molecule has 9 heteroatoms. The van der Waals surface area contributed by atoms with Crippen LogP contribution < -0.4 is 5.32 Å². The van der Waals surface area contributed by atoms with Crippen LogP contribution in [0.2, 0.25) is 0 Å². The van der Waals surface area contributed by atoms with Crippen molar-refractivity contribution >= 4 is 31.9 Å². The number of carbonyl (C=O) groups is 1. The van der Waals surface area contributed by atoms with Crippen LogP contribution in [0.5, 0.6) is 0 Å². The van der Waals surface area contributed by atoms with E-state index in [1.165, 1.54) is 21.1 Å². The van der Waals surface area contributed by atoms with Crippen molar-refractivity contribution in [2.75, 3.05) is 24.6 Å². The lowest BCUT2D eigenvalue weighted by Crippen LogP contribution is -2.50. The highest BCUT2D eigenvalue weighted by Gasteiger charge is 2.33. The van der Waals surface area contributed by atoms with E-state index in [4.69, 9.17) is 4.98 Å². The number of carbonyl (C=O) groups excluding carboxylic acids is 1. The maximum atomic E-state index is 12.9. The molecule has 0 unspecified atom stereocenters. The summed E-state index contributed by atoms with van der Waals surface area (Å²) in [5.74, 6) is 1.85. The molecule has 0 aliphatic carbocycles. The molecule has 2 aromatic rings. The number of nitrogens with zero attached hydrogens (tertiary/aromatic N) is 3. The fourth-order valence-electron chi connectivity index (χ4n) is 4.67. The number of sulfone groups is 1. The molecule has 4 heterocycles. The van der Waals surface area contributed by atoms with Gasteiger partial charge in [-0.15, -0.1) is 11.3 Å². The molecule has 7 nitrogen and oxygen atoms in total. The average molecular weight is 439 g/mol. The summed E-state index contributed by atoms with van der Waals surface area (Å²) in [5.41, 5.74) is 2.45. The number of aromatic nitrogens is 2. The van der Waals surface area contributed by atoms with E-state index in [1.807, 2.05) is 23.2 Å². The maximum Gasteiger partial charge on any atom is 0.239 e. The third kappa shape index (κ3) is 3.96. The van der Waals surface area contributed by atoms with E-state index in [2.05, 4.69) is 30.5 Å². The Morgan fingerprint density at radius 3 is 2.52 bits per heavy atom. The van der Waals surface area contributed by atoms with Crippen LogP contribution in [-0.2, 0) is 14.6 Å². The van der Waals surface area contributed by atoms with Crippen LogP contribution >= 0.6 is 11.3 Å². The van der Waals surface area contributed by atoms with Crippen LogP contribution in [0.1, 0.15) is 54.2 Å². The summed E-state index contributed by atoms with van der Waals surface area (Å²) in [7, 11) is -2.94. The first-order valence-electron chi connectivity index (χ1n) is 10.4. The Labute approximate surface area is 176 Å². The lowest BCUT2D eigenvalue weighted by molar-refractivity contribution is -0.134. The predicted molar refractivity (Wildman–Crippen MR) is 115 cm³/mol. The van der Waals surface area contributed by atoms with E-state index < -0.39 is 9.84 Å². The molecule has 0 saturated carbocycles. The molecule has 0 radical (unpaired) electrons. The number of imidazole rings is 1. The number of piperidine rings is 1. The van der Waals surface area contributed by atoms with Crippen LogP contribution in [0.15, 0.2) is 0 Å². The zero-order chi connectivity index (χ0) is 20.9. The second-order valence-corrected chi connectivity index (χ2v) is 11.9. The molecule has 1 N–H and O–H groups in total. The monoisotopic (exact) mass is 438 g/mol. The number of amides is 1. The fraction of sp³-hybridized carbons (Fsp3) is 0.700. The molecule has 2 saturated heterocycles. The maximum absolute atomic E-state index is 12.9. The van der Waals surface area contributed by atoms with Crippen LogP contribution in [0.4, 0.5) is 0 Å². The first kappa shape index (κ1) is 20.8. The van der Waals surface area contributed by atoms with Gasteiger partial charge in [-0.3, -0.25) is 9.20 Å². The number of aryl methyl sites for hydroxylation is 3. The van der Waals surface area contributed by atoms with Crippen molar-refractivity contribution < 1.29 is 13.2 Å². The third-order valence-corrected chi connectivity index (χ3v) is 9.36. The summed E-state index contributed by atoms with van der Waals surface area (Å²) in [6, 6.07) is -0.461. The summed E-state index contributed by atoms with van der Waals surface area (Å²) in [5, 5.41) is 3.23. The summed E-state index contributed by atoms with van der Waals surface area (Å²) in [6.07, 6.45) is 2.42. The Hall–Kier alpha value is -1.45. The minimum atomic E-state index is -2.94. The topological polar surface area (TPSA) is 83.8 Å². The van der Waals surface area contributed by atoms with Crippen LogP contribution in [0.25, 0.3) is 4.83 Å². The van der Waals surface area contributed by atoms with Gasteiger partial charge in [0, 0.05) is 35.6 Å². The Balaban J connectivity index is 1.38. The van der Waals surface area contributed by atoms with E-state index in [0.717, 1.165) is 31.8 Å². The Morgan fingerprint density at radius 2 is 1.90 bits per heavy atom. The molecular weight excluding hydrogens is 408 g/mol. The van der Waals surface area contributed by atoms with Crippen molar-refractivity contribution in [2.24, 2.45) is 0 Å². The normalized spacial score (nSPS) is 23.7. The van der Waals surface area contributed by atoms with Crippen molar-refractivity contribution in [1.29, 1.82) is 0 Å². The Bertz CT molecular complexity index is 1030. The van der Waals surface area contributed by atoms with Crippen molar-refractivity contribution in [2.45, 2.75) is 65.0 Å². The fourth-order valence-corrected chi connectivity index (χ4v) is 7.56. The second kappa shape index (κ2) is 7.67. The van der Waals surface area contributed by atoms with E-state index in [0.29, 0.717) is 12.3 Å². The van der Waals surface area contributed by atoms with Crippen molar-refractivity contribution in [1.82, 2.24) is 19.6 Å². The average Bonchev–Trinajstić information content (AvgIpc) is 3.28. The number of hydrogen-bond acceptors (Lipinski definition) is 6. The molecule has 0 bridgehead atoms. The minimum Gasteiger partial charge on any atom is -0.341 e. The first-order valence-corrected chi connectivity index (χ1v) is 13.0. The van der Waals surface area contributed by atoms with Gasteiger partial charge in [0.2, 0.25) is 5.91 Å². The Kier molecular flexibility index (Phi) is 5.50. The van der Waals surface area contributed by atoms with Gasteiger partial charge in [0.05, 0.1) is 23.2 Å². The molecule has 2 fully saturated rings. The van der Waals surface area contributed by atoms with Gasteiger partial charge in [-0.1, -0.05) is 0 Å². The highest BCUT2D eigenvalue weighted by molar-refractivity contribution is 7.91. The molecule has 1 amide bonds. The van der Waals surface area contributed by atoms with Gasteiger partial charge in [0.15, 0.2) is 9.84 Å². The van der Waals surface area contributed by atoms with E-state index >= 15 is 0 Å². The van der Waals surface area contributed by atoms with Crippen LogP contribution in [0, 0.1) is 20.8 Å². The number of fused-ring (bicyclic) bond motifs is 1. The summed E-state index contributed by atoms with van der Waals surface area (Å²) >= 11 is 1.81. The number of thiazole rings is 1. The third-order valence-electron chi connectivity index (χ3n) is 6.40. The second-order valence-electron chi connectivity index (χ2n) is 8.52. The van der Waals surface area contributed by atoms with E-state index in [9.17, 15) is 13.2 Å². The van der Waals surface area contributed by atoms with Crippen LogP contribution in [0.3, 0.4) is 0 Å². The first-order chi connectivity index (χ1) is 13.7. The van der Waals surface area contributed by atoms with Gasteiger partial charge >= 0.3 is 0 Å². The lowest BCUT2D eigenvalue weighted by atomic mass is 9.93. The van der Waals surface area contributed by atoms with Crippen molar-refractivity contribution in [3.05, 3.63) is 22.1 Å². The summed E-state index contributed by atoms with van der Waals surface area (Å²) in [4.78, 5) is 22.2. The molecule has 2 aliphatic heterocycles. The smallest absolute Gasteiger partial charge is 0.239 e. The molecule has 0 spiro atoms. The zero-order valence-electron chi connectivity index (χ0n) is 17.6. The minimum absolute atomic E-state index is 0.0710. The zero-order valence-corrected chi connectivity index (χ0v) is 19.2. The van der Waals surface area contributed by atoms with Gasteiger partial charge in [-0.25, -0.2) is 13.4 Å². The quantitative estimate of drug-likeness (QED) is 0.791. The van der Waals surface area contributed by atoms with E-state index in [-0.39, 0.29) is 29.5 Å². The number of rotatable bonds is 4. The summed E-state index contributed by atoms with van der Waals surface area (Å²) < 4.78 is 25.5. The number of likely N-dealkylation sites (tertiary alicyclic amines) is 1. The molecule has 0 aromatic carbocycles. The molecule has 2 aliphatic rings. The van der Waals surface area contributed by atoms with Crippen molar-refractivity contribution in [3.63, 3.8) is 0 Å². The summed E-state index contributed by atoms with van der Waals surface area (Å²) in [6.45, 7) is 9.65. The number of nitrogens with one attached hydrogen (secondary N) is 1. The molecular formula is C20H30N4O3S2. The van der Waals surface area contributed by atoms with Gasteiger partial charge in [0.25, 0.3) is 0 Å².